The molecule has 5 heteroatoms. The third kappa shape index (κ3) is 3.79. The van der Waals surface area contributed by atoms with Gasteiger partial charge in [0.1, 0.15) is 6.04 Å². The molecule has 2 heterocycles. The number of amides is 2. The third-order valence-electron chi connectivity index (χ3n) is 3.74. The Kier molecular flexibility index (Phi) is 5.09. The van der Waals surface area contributed by atoms with Gasteiger partial charge in [0, 0.05) is 32.4 Å². The molecule has 1 unspecified atom stereocenters. The molecule has 0 aliphatic carbocycles. The lowest BCUT2D eigenvalue weighted by molar-refractivity contribution is -0.138. The quantitative estimate of drug-likeness (QED) is 0.896. The largest absolute Gasteiger partial charge is 0.354 e. The van der Waals surface area contributed by atoms with Crippen LogP contribution >= 0.6 is 0 Å². The summed E-state index contributed by atoms with van der Waals surface area (Å²) in [5.41, 5.74) is 1.14. The molecule has 1 aliphatic heterocycles. The fourth-order valence-corrected chi connectivity index (χ4v) is 2.46. The highest BCUT2D eigenvalue weighted by Crippen LogP contribution is 2.16. The van der Waals surface area contributed by atoms with E-state index in [0.29, 0.717) is 13.0 Å². The van der Waals surface area contributed by atoms with Gasteiger partial charge in [-0.2, -0.15) is 0 Å². The number of hydrogen-bond acceptors (Lipinski definition) is 3. The standard InChI is InChI=1S/C15H21N3O2/c1-18-13(4-2-3-5-14(18)19)15(20)17-11-8-12-6-9-16-10-7-12/h6-7,9-10,13H,2-5,8,11H2,1H3,(H,17,20). The molecule has 108 valence electrons. The van der Waals surface area contributed by atoms with Gasteiger partial charge in [0.15, 0.2) is 0 Å². The Morgan fingerprint density at radius 2 is 2.15 bits per heavy atom. The first-order valence-corrected chi connectivity index (χ1v) is 7.11. The summed E-state index contributed by atoms with van der Waals surface area (Å²) in [5.74, 6) is 0.0218. The first-order chi connectivity index (χ1) is 9.68. The molecule has 1 N–H and O–H groups in total. The van der Waals surface area contributed by atoms with Gasteiger partial charge in [-0.3, -0.25) is 14.6 Å². The summed E-state index contributed by atoms with van der Waals surface area (Å²) in [6, 6.07) is 3.56. The Balaban J connectivity index is 1.83. The maximum Gasteiger partial charge on any atom is 0.242 e. The van der Waals surface area contributed by atoms with E-state index in [9.17, 15) is 9.59 Å². The number of nitrogens with one attached hydrogen (secondary N) is 1. The lowest BCUT2D eigenvalue weighted by atomic mass is 10.1. The molecule has 1 atom stereocenters. The monoisotopic (exact) mass is 275 g/mol. The first-order valence-electron chi connectivity index (χ1n) is 7.11. The zero-order chi connectivity index (χ0) is 14.4. The average molecular weight is 275 g/mol. The highest BCUT2D eigenvalue weighted by molar-refractivity contribution is 5.87. The molecule has 1 saturated heterocycles. The number of carbonyl (C=O) groups excluding carboxylic acids is 2. The molecule has 2 rings (SSSR count). The van der Waals surface area contributed by atoms with E-state index in [-0.39, 0.29) is 17.9 Å². The van der Waals surface area contributed by atoms with Crippen molar-refractivity contribution in [2.24, 2.45) is 0 Å². The fraction of sp³-hybridized carbons (Fsp3) is 0.533. The van der Waals surface area contributed by atoms with Gasteiger partial charge in [-0.15, -0.1) is 0 Å². The van der Waals surface area contributed by atoms with Crippen LogP contribution in [0.3, 0.4) is 0 Å². The summed E-state index contributed by atoms with van der Waals surface area (Å²) < 4.78 is 0. The summed E-state index contributed by atoms with van der Waals surface area (Å²) in [6.07, 6.45) is 7.38. The Hall–Kier alpha value is -1.91. The molecule has 0 bridgehead atoms. The lowest BCUT2D eigenvalue weighted by Crippen LogP contribution is -2.47. The van der Waals surface area contributed by atoms with Crippen LogP contribution in [0.5, 0.6) is 0 Å². The number of likely N-dealkylation sites (N-methyl/N-ethyl adjacent to an activating group) is 1. The minimum Gasteiger partial charge on any atom is -0.354 e. The predicted molar refractivity (Wildman–Crippen MR) is 76.0 cm³/mol. The molecular weight excluding hydrogens is 254 g/mol. The minimum atomic E-state index is -0.317. The summed E-state index contributed by atoms with van der Waals surface area (Å²) in [7, 11) is 1.72. The van der Waals surface area contributed by atoms with Crippen LogP contribution in [0.15, 0.2) is 24.5 Å². The van der Waals surface area contributed by atoms with Crippen molar-refractivity contribution in [3.63, 3.8) is 0 Å². The number of likely N-dealkylation sites (tertiary alicyclic amines) is 1. The number of carbonyl (C=O) groups is 2. The van der Waals surface area contributed by atoms with Crippen LogP contribution < -0.4 is 5.32 Å². The summed E-state index contributed by atoms with van der Waals surface area (Å²) >= 11 is 0. The molecule has 0 spiro atoms. The van der Waals surface area contributed by atoms with Crippen LogP contribution in [0.25, 0.3) is 0 Å². The van der Waals surface area contributed by atoms with Crippen molar-refractivity contribution >= 4 is 11.8 Å². The number of hydrogen-bond donors (Lipinski definition) is 1. The Morgan fingerprint density at radius 1 is 1.40 bits per heavy atom. The fourth-order valence-electron chi connectivity index (χ4n) is 2.46. The average Bonchev–Trinajstić information content (AvgIpc) is 2.63. The van der Waals surface area contributed by atoms with Crippen molar-refractivity contribution in [2.45, 2.75) is 38.1 Å². The topological polar surface area (TPSA) is 62.3 Å². The first kappa shape index (κ1) is 14.5. The highest BCUT2D eigenvalue weighted by Gasteiger charge is 2.28. The van der Waals surface area contributed by atoms with Crippen LogP contribution in [0.2, 0.25) is 0 Å². The van der Waals surface area contributed by atoms with Gasteiger partial charge < -0.3 is 10.2 Å². The third-order valence-corrected chi connectivity index (χ3v) is 3.74. The van der Waals surface area contributed by atoms with Gasteiger partial charge in [-0.1, -0.05) is 6.42 Å². The van der Waals surface area contributed by atoms with Crippen molar-refractivity contribution in [2.75, 3.05) is 13.6 Å². The van der Waals surface area contributed by atoms with Crippen LogP contribution in [0.1, 0.15) is 31.2 Å². The van der Waals surface area contributed by atoms with Gasteiger partial charge in [0.05, 0.1) is 0 Å². The van der Waals surface area contributed by atoms with E-state index in [1.54, 1.807) is 24.3 Å². The van der Waals surface area contributed by atoms with Crippen LogP contribution in [0.4, 0.5) is 0 Å². The zero-order valence-corrected chi connectivity index (χ0v) is 11.8. The summed E-state index contributed by atoms with van der Waals surface area (Å²) in [6.45, 7) is 0.585. The molecule has 5 nitrogen and oxygen atoms in total. The summed E-state index contributed by atoms with van der Waals surface area (Å²) in [5, 5.41) is 2.93. The van der Waals surface area contributed by atoms with E-state index in [1.807, 2.05) is 12.1 Å². The van der Waals surface area contributed by atoms with Crippen molar-refractivity contribution in [1.29, 1.82) is 0 Å². The number of nitrogens with zero attached hydrogens (tertiary/aromatic N) is 2. The second kappa shape index (κ2) is 7.03. The number of aromatic nitrogens is 1. The molecule has 0 radical (unpaired) electrons. The van der Waals surface area contributed by atoms with Crippen molar-refractivity contribution < 1.29 is 9.59 Å². The van der Waals surface area contributed by atoms with Gasteiger partial charge in [0.2, 0.25) is 11.8 Å². The molecule has 1 aromatic heterocycles. The molecule has 1 fully saturated rings. The van der Waals surface area contributed by atoms with Crippen molar-refractivity contribution in [3.8, 4) is 0 Å². The Morgan fingerprint density at radius 3 is 2.90 bits per heavy atom. The molecular formula is C15H21N3O2. The molecule has 1 aromatic rings. The predicted octanol–water partition coefficient (Wildman–Crippen LogP) is 1.14. The molecule has 20 heavy (non-hydrogen) atoms. The lowest BCUT2D eigenvalue weighted by Gasteiger charge is -2.25. The maximum atomic E-state index is 12.2. The second-order valence-electron chi connectivity index (χ2n) is 5.16. The van der Waals surface area contributed by atoms with Crippen LogP contribution in [-0.4, -0.2) is 41.3 Å². The molecule has 0 aromatic carbocycles. The zero-order valence-electron chi connectivity index (χ0n) is 11.8. The van der Waals surface area contributed by atoms with Gasteiger partial charge in [-0.25, -0.2) is 0 Å². The molecule has 0 saturated carbocycles. The van der Waals surface area contributed by atoms with E-state index in [0.717, 1.165) is 31.2 Å². The van der Waals surface area contributed by atoms with E-state index >= 15 is 0 Å². The molecule has 2 amide bonds. The minimum absolute atomic E-state index is 0.0446. The van der Waals surface area contributed by atoms with E-state index in [4.69, 9.17) is 0 Å². The van der Waals surface area contributed by atoms with Gasteiger partial charge in [-0.05, 0) is 37.0 Å². The molecule has 1 aliphatic rings. The van der Waals surface area contributed by atoms with Crippen molar-refractivity contribution in [1.82, 2.24) is 15.2 Å². The van der Waals surface area contributed by atoms with Crippen molar-refractivity contribution in [3.05, 3.63) is 30.1 Å². The van der Waals surface area contributed by atoms with E-state index < -0.39 is 0 Å². The maximum absolute atomic E-state index is 12.2. The second-order valence-corrected chi connectivity index (χ2v) is 5.16. The number of pyridine rings is 1. The van der Waals surface area contributed by atoms with Gasteiger partial charge >= 0.3 is 0 Å². The van der Waals surface area contributed by atoms with Gasteiger partial charge in [0.25, 0.3) is 0 Å². The van der Waals surface area contributed by atoms with E-state index in [1.165, 1.54) is 0 Å². The Bertz CT molecular complexity index is 461. The normalized spacial score (nSPS) is 19.6. The smallest absolute Gasteiger partial charge is 0.242 e. The SMILES string of the molecule is CN1C(=O)CCCCC1C(=O)NCCc1ccncc1. The van der Waals surface area contributed by atoms with Crippen LogP contribution in [0, 0.1) is 0 Å². The highest BCUT2D eigenvalue weighted by atomic mass is 16.2. The van der Waals surface area contributed by atoms with E-state index in [2.05, 4.69) is 10.3 Å². The van der Waals surface area contributed by atoms with Crippen LogP contribution in [-0.2, 0) is 16.0 Å². The number of rotatable bonds is 4. The Labute approximate surface area is 119 Å². The summed E-state index contributed by atoms with van der Waals surface area (Å²) in [4.78, 5) is 29.5.